The minimum Gasteiger partial charge on any atom is -0.309 e. The second-order valence-corrected chi connectivity index (χ2v) is 5.21. The third-order valence-corrected chi connectivity index (χ3v) is 3.63. The van der Waals surface area contributed by atoms with Crippen molar-refractivity contribution in [1.82, 2.24) is 4.90 Å². The van der Waals surface area contributed by atoms with Gasteiger partial charge in [-0.15, -0.1) is 0 Å². The highest BCUT2D eigenvalue weighted by atomic mass is 15.0. The molecule has 2 rings (SSSR count). The SMILES string of the molecule is CN(C)CCCC1CCc2cc(C#N)ccc21. The van der Waals surface area contributed by atoms with Crippen LogP contribution in [0.1, 0.15) is 41.9 Å². The first-order valence-electron chi connectivity index (χ1n) is 6.38. The molecule has 90 valence electrons. The number of nitrogens with zero attached hydrogens (tertiary/aromatic N) is 2. The van der Waals surface area contributed by atoms with Gasteiger partial charge < -0.3 is 4.90 Å². The Balaban J connectivity index is 2.00. The Bertz CT molecular complexity index is 429. The van der Waals surface area contributed by atoms with Crippen molar-refractivity contribution in [3.63, 3.8) is 0 Å². The molecule has 1 unspecified atom stereocenters. The van der Waals surface area contributed by atoms with Gasteiger partial charge >= 0.3 is 0 Å². The summed E-state index contributed by atoms with van der Waals surface area (Å²) in [5.74, 6) is 0.720. The van der Waals surface area contributed by atoms with E-state index in [0.717, 1.165) is 17.9 Å². The molecule has 0 N–H and O–H groups in total. The molecule has 0 fully saturated rings. The lowest BCUT2D eigenvalue weighted by molar-refractivity contribution is 0.384. The van der Waals surface area contributed by atoms with Gasteiger partial charge in [0.05, 0.1) is 11.6 Å². The maximum absolute atomic E-state index is 8.88. The van der Waals surface area contributed by atoms with Gasteiger partial charge in [0.1, 0.15) is 0 Å². The molecule has 0 radical (unpaired) electrons. The molecule has 0 aliphatic heterocycles. The molecule has 1 aliphatic carbocycles. The van der Waals surface area contributed by atoms with E-state index in [0.29, 0.717) is 0 Å². The third-order valence-electron chi connectivity index (χ3n) is 3.63. The number of nitriles is 1. The first-order chi connectivity index (χ1) is 8.20. The normalized spacial score (nSPS) is 18.1. The van der Waals surface area contributed by atoms with E-state index in [1.165, 1.54) is 36.9 Å². The van der Waals surface area contributed by atoms with Gasteiger partial charge in [-0.25, -0.2) is 0 Å². The van der Waals surface area contributed by atoms with Crippen LogP contribution in [-0.2, 0) is 6.42 Å². The zero-order valence-corrected chi connectivity index (χ0v) is 10.7. The van der Waals surface area contributed by atoms with E-state index in [9.17, 15) is 0 Å². The molecular formula is C15H20N2. The number of hydrogen-bond acceptors (Lipinski definition) is 2. The predicted octanol–water partition coefficient (Wildman–Crippen LogP) is 2.93. The average Bonchev–Trinajstić information content (AvgIpc) is 2.71. The fourth-order valence-electron chi connectivity index (χ4n) is 2.73. The number of fused-ring (bicyclic) bond motifs is 1. The van der Waals surface area contributed by atoms with Crippen molar-refractivity contribution in [3.05, 3.63) is 34.9 Å². The van der Waals surface area contributed by atoms with Gasteiger partial charge in [-0.05, 0) is 75.5 Å². The Morgan fingerprint density at radius 3 is 2.94 bits per heavy atom. The van der Waals surface area contributed by atoms with Crippen LogP contribution in [0.25, 0.3) is 0 Å². The molecule has 1 aromatic carbocycles. The summed E-state index contributed by atoms with van der Waals surface area (Å²) < 4.78 is 0. The summed E-state index contributed by atoms with van der Waals surface area (Å²) in [6, 6.07) is 8.42. The zero-order chi connectivity index (χ0) is 12.3. The highest BCUT2D eigenvalue weighted by molar-refractivity contribution is 5.42. The second kappa shape index (κ2) is 5.33. The molecule has 0 saturated carbocycles. The Hall–Kier alpha value is -1.33. The lowest BCUT2D eigenvalue weighted by atomic mass is 9.95. The minimum atomic E-state index is 0.720. The van der Waals surface area contributed by atoms with Crippen LogP contribution in [0.3, 0.4) is 0 Å². The van der Waals surface area contributed by atoms with Gasteiger partial charge in [0, 0.05) is 0 Å². The minimum absolute atomic E-state index is 0.720. The van der Waals surface area contributed by atoms with E-state index in [4.69, 9.17) is 5.26 Å². The lowest BCUT2D eigenvalue weighted by Gasteiger charge is -2.14. The fraction of sp³-hybridized carbons (Fsp3) is 0.533. The van der Waals surface area contributed by atoms with Crippen molar-refractivity contribution in [2.75, 3.05) is 20.6 Å². The summed E-state index contributed by atoms with van der Waals surface area (Å²) in [5.41, 5.74) is 3.69. The summed E-state index contributed by atoms with van der Waals surface area (Å²) in [6.45, 7) is 1.17. The van der Waals surface area contributed by atoms with E-state index in [2.05, 4.69) is 37.2 Å². The van der Waals surface area contributed by atoms with Crippen LogP contribution < -0.4 is 0 Å². The highest BCUT2D eigenvalue weighted by Crippen LogP contribution is 2.36. The predicted molar refractivity (Wildman–Crippen MR) is 70.0 cm³/mol. The molecule has 0 saturated heterocycles. The van der Waals surface area contributed by atoms with Crippen LogP contribution in [-0.4, -0.2) is 25.5 Å². The summed E-state index contributed by atoms with van der Waals surface area (Å²) in [5, 5.41) is 8.88. The lowest BCUT2D eigenvalue weighted by Crippen LogP contribution is -2.13. The second-order valence-electron chi connectivity index (χ2n) is 5.21. The van der Waals surface area contributed by atoms with Crippen molar-refractivity contribution in [2.24, 2.45) is 0 Å². The quantitative estimate of drug-likeness (QED) is 0.792. The van der Waals surface area contributed by atoms with Crippen molar-refractivity contribution in [2.45, 2.75) is 31.6 Å². The van der Waals surface area contributed by atoms with Gasteiger partial charge in [0.25, 0.3) is 0 Å². The van der Waals surface area contributed by atoms with Crippen LogP contribution >= 0.6 is 0 Å². The first-order valence-corrected chi connectivity index (χ1v) is 6.38. The molecule has 0 aromatic heterocycles. The maximum Gasteiger partial charge on any atom is 0.0991 e. The third kappa shape index (κ3) is 2.87. The van der Waals surface area contributed by atoms with Crippen molar-refractivity contribution < 1.29 is 0 Å². The summed E-state index contributed by atoms with van der Waals surface area (Å²) in [6.07, 6.45) is 4.95. The molecule has 1 aromatic rings. The van der Waals surface area contributed by atoms with Gasteiger partial charge in [-0.1, -0.05) is 6.07 Å². The van der Waals surface area contributed by atoms with Crippen molar-refractivity contribution >= 4 is 0 Å². The van der Waals surface area contributed by atoms with Crippen molar-refractivity contribution in [3.8, 4) is 6.07 Å². The fourth-order valence-corrected chi connectivity index (χ4v) is 2.73. The van der Waals surface area contributed by atoms with Crippen LogP contribution in [0, 0.1) is 11.3 Å². The van der Waals surface area contributed by atoms with Crippen molar-refractivity contribution in [1.29, 1.82) is 5.26 Å². The summed E-state index contributed by atoms with van der Waals surface area (Å²) in [7, 11) is 4.25. The topological polar surface area (TPSA) is 27.0 Å². The van der Waals surface area contributed by atoms with Crippen LogP contribution in [0.15, 0.2) is 18.2 Å². The molecule has 0 amide bonds. The summed E-state index contributed by atoms with van der Waals surface area (Å²) in [4.78, 5) is 2.24. The first kappa shape index (κ1) is 12.1. The van der Waals surface area contributed by atoms with Crippen LogP contribution in [0.2, 0.25) is 0 Å². The Morgan fingerprint density at radius 1 is 1.41 bits per heavy atom. The smallest absolute Gasteiger partial charge is 0.0991 e. The van der Waals surface area contributed by atoms with Gasteiger partial charge in [-0.3, -0.25) is 0 Å². The molecule has 0 spiro atoms. The monoisotopic (exact) mass is 228 g/mol. The van der Waals surface area contributed by atoms with Gasteiger partial charge in [0.2, 0.25) is 0 Å². The Labute approximate surface area is 104 Å². The van der Waals surface area contributed by atoms with E-state index in [1.807, 2.05) is 6.07 Å². The number of benzene rings is 1. The molecule has 1 aliphatic rings. The van der Waals surface area contributed by atoms with E-state index in [1.54, 1.807) is 0 Å². The Kier molecular flexibility index (Phi) is 3.81. The van der Waals surface area contributed by atoms with Gasteiger partial charge in [0.15, 0.2) is 0 Å². The zero-order valence-electron chi connectivity index (χ0n) is 10.7. The highest BCUT2D eigenvalue weighted by Gasteiger charge is 2.22. The standard InChI is InChI=1S/C15H20N2/c1-17(2)9-3-4-13-6-7-14-10-12(11-16)5-8-15(13)14/h5,8,10,13H,3-4,6-7,9H2,1-2H3. The molecule has 0 heterocycles. The maximum atomic E-state index is 8.88. The largest absolute Gasteiger partial charge is 0.309 e. The average molecular weight is 228 g/mol. The van der Waals surface area contributed by atoms with Gasteiger partial charge in [-0.2, -0.15) is 5.26 Å². The molecule has 2 nitrogen and oxygen atoms in total. The van der Waals surface area contributed by atoms with E-state index < -0.39 is 0 Å². The van der Waals surface area contributed by atoms with Crippen LogP contribution in [0.5, 0.6) is 0 Å². The van der Waals surface area contributed by atoms with Crippen LogP contribution in [0.4, 0.5) is 0 Å². The molecular weight excluding hydrogens is 208 g/mol. The van der Waals surface area contributed by atoms with E-state index >= 15 is 0 Å². The number of hydrogen-bond donors (Lipinski definition) is 0. The summed E-state index contributed by atoms with van der Waals surface area (Å²) >= 11 is 0. The molecule has 2 heteroatoms. The van der Waals surface area contributed by atoms with E-state index in [-0.39, 0.29) is 0 Å². The number of rotatable bonds is 4. The Morgan fingerprint density at radius 2 is 2.24 bits per heavy atom. The molecule has 17 heavy (non-hydrogen) atoms. The molecule has 0 bridgehead atoms. The number of aryl methyl sites for hydroxylation is 1. The molecule has 1 atom stereocenters.